The molecule has 0 radical (unpaired) electrons. The summed E-state index contributed by atoms with van der Waals surface area (Å²) in [5.74, 6) is 0. The summed E-state index contributed by atoms with van der Waals surface area (Å²) in [4.78, 5) is 4.30. The minimum absolute atomic E-state index is 0.375. The normalized spacial score (nSPS) is 12.8. The van der Waals surface area contributed by atoms with Gasteiger partial charge in [-0.25, -0.2) is 0 Å². The number of rotatable bonds is 6. The van der Waals surface area contributed by atoms with Crippen LogP contribution in [0.4, 0.5) is 0 Å². The van der Waals surface area contributed by atoms with Crippen molar-refractivity contribution in [2.24, 2.45) is 0 Å². The van der Waals surface area contributed by atoms with E-state index in [4.69, 9.17) is 0 Å². The van der Waals surface area contributed by atoms with Crippen LogP contribution in [0.3, 0.4) is 0 Å². The summed E-state index contributed by atoms with van der Waals surface area (Å²) in [5.41, 5.74) is 1.41. The molecule has 2 aromatic heterocycles. The summed E-state index contributed by atoms with van der Waals surface area (Å²) in [6.07, 6.45) is 2.31. The molecule has 1 N–H and O–H groups in total. The summed E-state index contributed by atoms with van der Waals surface area (Å²) in [6.45, 7) is 7.68. The van der Waals surface area contributed by atoms with Gasteiger partial charge >= 0.3 is 0 Å². The maximum atomic E-state index is 3.67. The minimum atomic E-state index is 0.375. The zero-order chi connectivity index (χ0) is 13.0. The van der Waals surface area contributed by atoms with Crippen molar-refractivity contribution in [1.82, 2.24) is 5.32 Å². The van der Waals surface area contributed by atoms with Gasteiger partial charge in [-0.2, -0.15) is 0 Å². The van der Waals surface area contributed by atoms with Crippen LogP contribution in [-0.4, -0.2) is 6.54 Å². The van der Waals surface area contributed by atoms with Crippen LogP contribution < -0.4 is 5.32 Å². The quantitative estimate of drug-likeness (QED) is 0.803. The zero-order valence-electron chi connectivity index (χ0n) is 11.3. The van der Waals surface area contributed by atoms with Gasteiger partial charge in [-0.05, 0) is 55.5 Å². The molecule has 0 aromatic carbocycles. The Hall–Kier alpha value is -0.640. The molecule has 0 fully saturated rings. The van der Waals surface area contributed by atoms with E-state index in [1.165, 1.54) is 26.6 Å². The molecule has 1 unspecified atom stereocenters. The Morgan fingerprint density at radius 2 is 2.11 bits per heavy atom. The molecule has 1 atom stereocenters. The van der Waals surface area contributed by atoms with Crippen LogP contribution in [0.25, 0.3) is 0 Å². The molecule has 3 heteroatoms. The number of hydrogen-bond donors (Lipinski definition) is 1. The fourth-order valence-corrected chi connectivity index (χ4v) is 3.81. The fourth-order valence-electron chi connectivity index (χ4n) is 2.03. The van der Waals surface area contributed by atoms with E-state index >= 15 is 0 Å². The Kier molecular flexibility index (Phi) is 4.98. The molecule has 0 saturated carbocycles. The maximum absolute atomic E-state index is 3.67. The molecule has 0 bridgehead atoms. The van der Waals surface area contributed by atoms with Crippen LogP contribution in [0.1, 0.15) is 46.5 Å². The Morgan fingerprint density at radius 1 is 1.28 bits per heavy atom. The Bertz CT molecular complexity index is 484. The highest BCUT2D eigenvalue weighted by Crippen LogP contribution is 2.31. The lowest BCUT2D eigenvalue weighted by atomic mass is 10.1. The monoisotopic (exact) mass is 279 g/mol. The third-order valence-electron chi connectivity index (χ3n) is 3.00. The summed E-state index contributed by atoms with van der Waals surface area (Å²) >= 11 is 3.78. The average molecular weight is 279 g/mol. The molecule has 18 heavy (non-hydrogen) atoms. The van der Waals surface area contributed by atoms with Crippen LogP contribution >= 0.6 is 22.7 Å². The molecule has 0 aliphatic heterocycles. The van der Waals surface area contributed by atoms with E-state index < -0.39 is 0 Å². The zero-order valence-corrected chi connectivity index (χ0v) is 13.0. The number of thiophene rings is 2. The van der Waals surface area contributed by atoms with Gasteiger partial charge < -0.3 is 5.32 Å². The fraction of sp³-hybridized carbons (Fsp3) is 0.467. The van der Waals surface area contributed by atoms with Gasteiger partial charge in [-0.3, -0.25) is 0 Å². The Balaban J connectivity index is 2.24. The molecule has 0 aliphatic carbocycles. The van der Waals surface area contributed by atoms with Crippen molar-refractivity contribution in [1.29, 1.82) is 0 Å². The highest BCUT2D eigenvalue weighted by Gasteiger charge is 2.16. The number of nitrogens with one attached hydrogen (secondary N) is 1. The lowest BCUT2D eigenvalue weighted by Gasteiger charge is -2.16. The van der Waals surface area contributed by atoms with Gasteiger partial charge in [0, 0.05) is 14.6 Å². The molecule has 2 aromatic rings. The standard InChI is InChI=1S/C15H21NS2/c1-4-8-16-15(12-9-11(3)17-10-12)14-7-6-13(5-2)18-14/h6-7,9-10,15-16H,4-5,8H2,1-3H3. The predicted octanol–water partition coefficient (Wildman–Crippen LogP) is 4.77. The first-order valence-electron chi connectivity index (χ1n) is 6.61. The van der Waals surface area contributed by atoms with Gasteiger partial charge in [0.1, 0.15) is 0 Å². The van der Waals surface area contributed by atoms with Crippen LogP contribution in [0.2, 0.25) is 0 Å². The smallest absolute Gasteiger partial charge is 0.0679 e. The van der Waals surface area contributed by atoms with E-state index in [0.29, 0.717) is 6.04 Å². The molecular formula is C15H21NS2. The first-order chi connectivity index (χ1) is 8.74. The van der Waals surface area contributed by atoms with Crippen molar-refractivity contribution >= 4 is 22.7 Å². The van der Waals surface area contributed by atoms with E-state index in [2.05, 4.69) is 49.7 Å². The topological polar surface area (TPSA) is 12.0 Å². The van der Waals surface area contributed by atoms with E-state index in [9.17, 15) is 0 Å². The van der Waals surface area contributed by atoms with Crippen LogP contribution in [-0.2, 0) is 6.42 Å². The van der Waals surface area contributed by atoms with Crippen LogP contribution in [0, 0.1) is 6.92 Å². The SMILES string of the molecule is CCCNC(c1csc(C)c1)c1ccc(CC)s1. The molecule has 1 nitrogen and oxygen atoms in total. The largest absolute Gasteiger partial charge is 0.306 e. The van der Waals surface area contributed by atoms with Gasteiger partial charge in [-0.1, -0.05) is 13.8 Å². The van der Waals surface area contributed by atoms with E-state index in [1.807, 2.05) is 22.7 Å². The number of aryl methyl sites for hydroxylation is 2. The molecule has 98 valence electrons. The second-order valence-corrected chi connectivity index (χ2v) is 6.85. The lowest BCUT2D eigenvalue weighted by molar-refractivity contribution is 0.607. The highest BCUT2D eigenvalue weighted by molar-refractivity contribution is 7.12. The lowest BCUT2D eigenvalue weighted by Crippen LogP contribution is -2.21. The van der Waals surface area contributed by atoms with Crippen molar-refractivity contribution < 1.29 is 0 Å². The van der Waals surface area contributed by atoms with E-state index in [-0.39, 0.29) is 0 Å². The number of hydrogen-bond acceptors (Lipinski definition) is 3. The van der Waals surface area contributed by atoms with Gasteiger partial charge in [0.25, 0.3) is 0 Å². The van der Waals surface area contributed by atoms with Crippen molar-refractivity contribution in [3.8, 4) is 0 Å². The molecule has 0 spiro atoms. The molecule has 2 heterocycles. The third-order valence-corrected chi connectivity index (χ3v) is 5.17. The summed E-state index contributed by atoms with van der Waals surface area (Å²) in [6, 6.07) is 7.23. The van der Waals surface area contributed by atoms with Crippen molar-refractivity contribution in [2.45, 2.75) is 39.7 Å². The van der Waals surface area contributed by atoms with Crippen molar-refractivity contribution in [3.05, 3.63) is 43.8 Å². The van der Waals surface area contributed by atoms with E-state index in [1.54, 1.807) is 0 Å². The second kappa shape index (κ2) is 6.50. The van der Waals surface area contributed by atoms with E-state index in [0.717, 1.165) is 13.0 Å². The Morgan fingerprint density at radius 3 is 2.67 bits per heavy atom. The molecule has 0 aliphatic rings. The minimum Gasteiger partial charge on any atom is -0.306 e. The van der Waals surface area contributed by atoms with Crippen molar-refractivity contribution in [3.63, 3.8) is 0 Å². The average Bonchev–Trinajstić information content (AvgIpc) is 2.99. The van der Waals surface area contributed by atoms with Crippen molar-refractivity contribution in [2.75, 3.05) is 6.54 Å². The second-order valence-electron chi connectivity index (χ2n) is 4.54. The van der Waals surface area contributed by atoms with Gasteiger partial charge in [-0.15, -0.1) is 22.7 Å². The third kappa shape index (κ3) is 3.22. The molecule has 2 rings (SSSR count). The predicted molar refractivity (Wildman–Crippen MR) is 82.9 cm³/mol. The van der Waals surface area contributed by atoms with Crippen LogP contribution in [0.5, 0.6) is 0 Å². The molecule has 0 saturated heterocycles. The summed E-state index contributed by atoms with van der Waals surface area (Å²) < 4.78 is 0. The summed E-state index contributed by atoms with van der Waals surface area (Å²) in [5, 5.41) is 5.96. The molecule has 0 amide bonds. The Labute approximate surface area is 118 Å². The maximum Gasteiger partial charge on any atom is 0.0679 e. The first kappa shape index (κ1) is 13.8. The van der Waals surface area contributed by atoms with Gasteiger partial charge in [0.15, 0.2) is 0 Å². The summed E-state index contributed by atoms with van der Waals surface area (Å²) in [7, 11) is 0. The molecular weight excluding hydrogens is 258 g/mol. The highest BCUT2D eigenvalue weighted by atomic mass is 32.1. The van der Waals surface area contributed by atoms with Gasteiger partial charge in [0.2, 0.25) is 0 Å². The first-order valence-corrected chi connectivity index (χ1v) is 8.31. The van der Waals surface area contributed by atoms with Gasteiger partial charge in [0.05, 0.1) is 6.04 Å². The van der Waals surface area contributed by atoms with Crippen LogP contribution in [0.15, 0.2) is 23.6 Å².